The Balaban J connectivity index is 1.72. The van der Waals surface area contributed by atoms with Crippen LogP contribution in [0.5, 0.6) is 0 Å². The van der Waals surface area contributed by atoms with E-state index in [2.05, 4.69) is 26.0 Å². The Morgan fingerprint density at radius 1 is 1.03 bits per heavy atom. The molecule has 0 radical (unpaired) electrons. The summed E-state index contributed by atoms with van der Waals surface area (Å²) < 4.78 is 3.48. The number of nitrogens with zero attached hydrogens (tertiary/aromatic N) is 3. The fourth-order valence-corrected chi connectivity index (χ4v) is 4.78. The van der Waals surface area contributed by atoms with Crippen molar-refractivity contribution in [2.45, 2.75) is 6.92 Å². The van der Waals surface area contributed by atoms with Gasteiger partial charge in [-0.25, -0.2) is 4.98 Å². The number of H-pyrrole nitrogens is 1. The van der Waals surface area contributed by atoms with Crippen molar-refractivity contribution in [3.8, 4) is 16.4 Å². The number of hydrogen-bond donors (Lipinski definition) is 1. The molecule has 5 rings (SSSR count). The fraction of sp³-hybridized carbons (Fsp3) is 0.0417. The van der Waals surface area contributed by atoms with Crippen molar-refractivity contribution in [1.82, 2.24) is 14.8 Å². The van der Waals surface area contributed by atoms with Gasteiger partial charge in [-0.1, -0.05) is 75.8 Å². The number of nitrogens with one attached hydrogen (secondary N) is 1. The summed E-state index contributed by atoms with van der Waals surface area (Å²) in [6.45, 7) is 1.86. The Kier molecular flexibility index (Phi) is 5.13. The van der Waals surface area contributed by atoms with Crippen molar-refractivity contribution in [1.29, 1.82) is 0 Å². The van der Waals surface area contributed by atoms with Gasteiger partial charge >= 0.3 is 0 Å². The summed E-state index contributed by atoms with van der Waals surface area (Å²) in [5.41, 5.74) is 4.28. The lowest BCUT2D eigenvalue weighted by molar-refractivity contribution is 0.845. The molecule has 5 aromatic rings. The average molecular weight is 489 g/mol. The number of hydrogen-bond acceptors (Lipinski definition) is 4. The molecule has 0 aliphatic rings. The van der Waals surface area contributed by atoms with E-state index in [1.807, 2.05) is 85.8 Å². The molecule has 0 aliphatic heterocycles. The third-order valence-electron chi connectivity index (χ3n) is 4.89. The summed E-state index contributed by atoms with van der Waals surface area (Å²) in [6, 6.07) is 25.4. The zero-order valence-corrected chi connectivity index (χ0v) is 18.9. The number of para-hydroxylation sites is 1. The molecule has 0 aliphatic carbocycles. The van der Waals surface area contributed by atoms with Crippen LogP contribution in [0.15, 0.2) is 93.1 Å². The number of aromatic amines is 1. The smallest absolute Gasteiger partial charge is 0.283 e. The van der Waals surface area contributed by atoms with E-state index in [-0.39, 0.29) is 5.56 Å². The summed E-state index contributed by atoms with van der Waals surface area (Å²) in [7, 11) is 0. The minimum Gasteiger partial charge on any atom is -0.288 e. The predicted molar refractivity (Wildman–Crippen MR) is 131 cm³/mol. The van der Waals surface area contributed by atoms with Crippen LogP contribution in [0.4, 0.5) is 5.69 Å². The molecular formula is C24H17BrN4OS. The van der Waals surface area contributed by atoms with Crippen molar-refractivity contribution >= 4 is 48.9 Å². The van der Waals surface area contributed by atoms with Gasteiger partial charge in [-0.3, -0.25) is 14.9 Å². The van der Waals surface area contributed by atoms with Crippen molar-refractivity contribution < 1.29 is 0 Å². The Labute approximate surface area is 190 Å². The lowest BCUT2D eigenvalue weighted by Crippen LogP contribution is -2.19. The molecule has 7 heteroatoms. The SMILES string of the molecule is CC(=Nc1cccc(Br)c1)c1c(-c2ccccc2)[nH]n(-c2nc3ccccc3s2)c1=O. The van der Waals surface area contributed by atoms with Gasteiger partial charge in [0, 0.05) is 10.0 Å². The van der Waals surface area contributed by atoms with Crippen molar-refractivity contribution in [3.05, 3.63) is 99.3 Å². The van der Waals surface area contributed by atoms with E-state index in [0.717, 1.165) is 31.6 Å². The maximum Gasteiger partial charge on any atom is 0.283 e. The molecular weight excluding hydrogens is 472 g/mol. The number of fused-ring (bicyclic) bond motifs is 1. The van der Waals surface area contributed by atoms with Crippen LogP contribution in [0.25, 0.3) is 26.6 Å². The van der Waals surface area contributed by atoms with Crippen molar-refractivity contribution in [2.24, 2.45) is 4.99 Å². The molecule has 0 saturated carbocycles. The molecule has 31 heavy (non-hydrogen) atoms. The summed E-state index contributed by atoms with van der Waals surface area (Å²) in [5, 5.41) is 3.89. The topological polar surface area (TPSA) is 63.0 Å². The summed E-state index contributed by atoms with van der Waals surface area (Å²) in [5.74, 6) is 0. The second-order valence-corrected chi connectivity index (χ2v) is 8.93. The van der Waals surface area contributed by atoms with Gasteiger partial charge in [0.05, 0.1) is 32.9 Å². The van der Waals surface area contributed by atoms with E-state index in [0.29, 0.717) is 16.4 Å². The highest BCUT2D eigenvalue weighted by Crippen LogP contribution is 2.27. The molecule has 152 valence electrons. The van der Waals surface area contributed by atoms with Crippen LogP contribution in [0.3, 0.4) is 0 Å². The maximum atomic E-state index is 13.5. The molecule has 0 bridgehead atoms. The van der Waals surface area contributed by atoms with Crippen LogP contribution in [0, 0.1) is 0 Å². The Bertz CT molecular complexity index is 1450. The third kappa shape index (κ3) is 3.78. The first kappa shape index (κ1) is 19.7. The molecule has 2 heterocycles. The van der Waals surface area contributed by atoms with E-state index in [4.69, 9.17) is 4.99 Å². The fourth-order valence-electron chi connectivity index (χ4n) is 3.47. The third-order valence-corrected chi connectivity index (χ3v) is 6.41. The lowest BCUT2D eigenvalue weighted by atomic mass is 10.1. The number of benzene rings is 3. The van der Waals surface area contributed by atoms with Crippen LogP contribution >= 0.6 is 27.3 Å². The van der Waals surface area contributed by atoms with Gasteiger partial charge in [0.15, 0.2) is 0 Å². The second kappa shape index (κ2) is 8.09. The maximum absolute atomic E-state index is 13.5. The first-order chi connectivity index (χ1) is 15.1. The molecule has 5 nitrogen and oxygen atoms in total. The molecule has 0 saturated heterocycles. The zero-order chi connectivity index (χ0) is 21.4. The second-order valence-electron chi connectivity index (χ2n) is 7.01. The highest BCUT2D eigenvalue weighted by atomic mass is 79.9. The first-order valence-electron chi connectivity index (χ1n) is 9.68. The summed E-state index contributed by atoms with van der Waals surface area (Å²) in [4.78, 5) is 22.9. The number of rotatable bonds is 4. The van der Waals surface area contributed by atoms with Crippen LogP contribution in [0.2, 0.25) is 0 Å². The van der Waals surface area contributed by atoms with E-state index < -0.39 is 0 Å². The first-order valence-corrected chi connectivity index (χ1v) is 11.3. The van der Waals surface area contributed by atoms with Crippen molar-refractivity contribution in [3.63, 3.8) is 0 Å². The highest BCUT2D eigenvalue weighted by molar-refractivity contribution is 9.10. The minimum absolute atomic E-state index is 0.172. The molecule has 0 fully saturated rings. The van der Waals surface area contributed by atoms with E-state index in [9.17, 15) is 4.79 Å². The Hall–Kier alpha value is -3.29. The molecule has 0 amide bonds. The molecule has 0 unspecified atom stereocenters. The zero-order valence-electron chi connectivity index (χ0n) is 16.5. The molecule has 2 aromatic heterocycles. The number of thiazole rings is 1. The Morgan fingerprint density at radius 3 is 2.58 bits per heavy atom. The molecule has 0 spiro atoms. The normalized spacial score (nSPS) is 11.9. The van der Waals surface area contributed by atoms with E-state index in [1.54, 1.807) is 0 Å². The number of aromatic nitrogens is 3. The van der Waals surface area contributed by atoms with Gasteiger partial charge in [0.25, 0.3) is 5.56 Å². The summed E-state index contributed by atoms with van der Waals surface area (Å²) in [6.07, 6.45) is 0. The van der Waals surface area contributed by atoms with Gasteiger partial charge in [0.1, 0.15) is 0 Å². The van der Waals surface area contributed by atoms with Gasteiger partial charge < -0.3 is 0 Å². The Morgan fingerprint density at radius 2 is 1.81 bits per heavy atom. The number of halogens is 1. The van der Waals surface area contributed by atoms with Gasteiger partial charge in [-0.05, 0) is 37.3 Å². The monoisotopic (exact) mass is 488 g/mol. The van der Waals surface area contributed by atoms with Gasteiger partial charge in [-0.2, -0.15) is 4.68 Å². The summed E-state index contributed by atoms with van der Waals surface area (Å²) >= 11 is 4.95. The predicted octanol–water partition coefficient (Wildman–Crippen LogP) is 6.35. The minimum atomic E-state index is -0.172. The van der Waals surface area contributed by atoms with Crippen LogP contribution < -0.4 is 5.56 Å². The standard InChI is InChI=1S/C24H17BrN4OS/c1-15(26-18-11-7-10-17(25)14-18)21-22(16-8-3-2-4-9-16)28-29(23(21)30)24-27-19-12-5-6-13-20(19)31-24/h2-14,28H,1H3. The van der Waals surface area contributed by atoms with Crippen molar-refractivity contribution in [2.75, 3.05) is 0 Å². The quantitative estimate of drug-likeness (QED) is 0.299. The molecule has 0 atom stereocenters. The lowest BCUT2D eigenvalue weighted by Gasteiger charge is -2.03. The molecule has 1 N–H and O–H groups in total. The van der Waals surface area contributed by atoms with Gasteiger partial charge in [-0.15, -0.1) is 0 Å². The van der Waals surface area contributed by atoms with Gasteiger partial charge in [0.2, 0.25) is 5.13 Å². The van der Waals surface area contributed by atoms with E-state index in [1.165, 1.54) is 16.0 Å². The van der Waals surface area contributed by atoms with Crippen LogP contribution in [-0.4, -0.2) is 20.5 Å². The van der Waals surface area contributed by atoms with Crippen LogP contribution in [0.1, 0.15) is 12.5 Å². The van der Waals surface area contributed by atoms with Crippen LogP contribution in [-0.2, 0) is 0 Å². The van der Waals surface area contributed by atoms with E-state index >= 15 is 0 Å². The highest BCUT2D eigenvalue weighted by Gasteiger charge is 2.21. The number of aliphatic imine (C=N–C) groups is 1. The molecule has 3 aromatic carbocycles. The largest absolute Gasteiger partial charge is 0.288 e. The average Bonchev–Trinajstić information content (AvgIpc) is 3.35.